The van der Waals surface area contributed by atoms with Gasteiger partial charge in [-0.05, 0) is 18.9 Å². The Morgan fingerprint density at radius 2 is 2.31 bits per heavy atom. The monoisotopic (exact) mass is 177 g/mol. The molecule has 0 radical (unpaired) electrons. The van der Waals surface area contributed by atoms with E-state index in [4.69, 9.17) is 0 Å². The number of nitrogens with two attached hydrogens (primary N) is 1. The van der Waals surface area contributed by atoms with Crippen LogP contribution in [0.15, 0.2) is 18.2 Å². The van der Waals surface area contributed by atoms with E-state index < -0.39 is 0 Å². The molecule has 0 bridgehead atoms. The molecule has 3 N–H and O–H groups in total. The smallest absolute Gasteiger partial charge is 0.119 e. The standard InChI is InChI=1S/C11H15NO/c1-12-10-6-2-5-9-8(10)4-3-7-11(9)13/h3-4,7,10,13H,1-2,5-6,12H2. The highest BCUT2D eigenvalue weighted by atomic mass is 16.3. The number of rotatable bonds is 1. The molecular formula is C11H15NO. The van der Waals surface area contributed by atoms with Crippen LogP contribution in [-0.4, -0.2) is 5.11 Å². The van der Waals surface area contributed by atoms with Crippen LogP contribution in [0.25, 0.3) is 0 Å². The number of hydrogen-bond donors (Lipinski definition) is 2. The van der Waals surface area contributed by atoms with Crippen LogP contribution >= 0.6 is 0 Å². The molecule has 1 aromatic carbocycles. The van der Waals surface area contributed by atoms with Gasteiger partial charge in [0, 0.05) is 17.5 Å². The molecule has 0 fully saturated rings. The summed E-state index contributed by atoms with van der Waals surface area (Å²) in [6.07, 6.45) is 3.33. The molecule has 1 aliphatic carbocycles. The second-order valence-corrected chi connectivity index (χ2v) is 3.58. The lowest BCUT2D eigenvalue weighted by Gasteiger charge is -2.25. The molecule has 1 aliphatic rings. The topological polar surface area (TPSA) is 36.8 Å². The maximum Gasteiger partial charge on any atom is 0.119 e. The zero-order valence-corrected chi connectivity index (χ0v) is 7.66. The van der Waals surface area contributed by atoms with Gasteiger partial charge in [0.2, 0.25) is 0 Å². The molecule has 0 amide bonds. The molecule has 1 atom stereocenters. The van der Waals surface area contributed by atoms with Gasteiger partial charge in [-0.2, -0.15) is 7.05 Å². The van der Waals surface area contributed by atoms with Crippen molar-refractivity contribution in [2.45, 2.75) is 25.3 Å². The normalized spacial score (nSPS) is 21.2. The maximum atomic E-state index is 9.64. The van der Waals surface area contributed by atoms with E-state index >= 15 is 0 Å². The molecule has 0 saturated heterocycles. The summed E-state index contributed by atoms with van der Waals surface area (Å²) < 4.78 is 0. The molecule has 2 rings (SSSR count). The van der Waals surface area contributed by atoms with Crippen LogP contribution in [0.3, 0.4) is 0 Å². The van der Waals surface area contributed by atoms with E-state index in [1.165, 1.54) is 12.0 Å². The Balaban J connectivity index is 2.45. The van der Waals surface area contributed by atoms with Gasteiger partial charge in [0.25, 0.3) is 0 Å². The Kier molecular flexibility index (Phi) is 2.23. The Labute approximate surface area is 78.6 Å². The molecule has 13 heavy (non-hydrogen) atoms. The van der Waals surface area contributed by atoms with Gasteiger partial charge in [0.15, 0.2) is 0 Å². The number of aromatic hydroxyl groups is 1. The number of fused-ring (bicyclic) bond motifs is 1. The van der Waals surface area contributed by atoms with Crippen molar-refractivity contribution in [3.8, 4) is 5.75 Å². The van der Waals surface area contributed by atoms with Crippen LogP contribution in [0.2, 0.25) is 0 Å². The third-order valence-corrected chi connectivity index (χ3v) is 2.81. The van der Waals surface area contributed by atoms with Crippen molar-refractivity contribution in [3.05, 3.63) is 36.4 Å². The number of phenolic OH excluding ortho intramolecular Hbond substituents is 1. The zero-order chi connectivity index (χ0) is 9.26. The first-order valence-electron chi connectivity index (χ1n) is 4.76. The van der Waals surface area contributed by atoms with Gasteiger partial charge in [-0.1, -0.05) is 12.1 Å². The minimum absolute atomic E-state index is 0.441. The lowest BCUT2D eigenvalue weighted by Crippen LogP contribution is -2.78. The molecule has 0 saturated carbocycles. The molecule has 1 unspecified atom stereocenters. The predicted octanol–water partition coefficient (Wildman–Crippen LogP) is 1.12. The summed E-state index contributed by atoms with van der Waals surface area (Å²) in [4.78, 5) is 0. The summed E-state index contributed by atoms with van der Waals surface area (Å²) in [5, 5.41) is 11.6. The van der Waals surface area contributed by atoms with Crippen molar-refractivity contribution < 1.29 is 10.4 Å². The van der Waals surface area contributed by atoms with Crippen LogP contribution in [-0.2, 0) is 6.42 Å². The SMILES string of the molecule is [CH2-][NH2+]C1CCCc2c(O)cccc21. The van der Waals surface area contributed by atoms with E-state index in [2.05, 4.69) is 13.1 Å². The lowest BCUT2D eigenvalue weighted by molar-refractivity contribution is -0.642. The molecule has 70 valence electrons. The van der Waals surface area contributed by atoms with Crippen molar-refractivity contribution in [1.29, 1.82) is 0 Å². The summed E-state index contributed by atoms with van der Waals surface area (Å²) in [5.74, 6) is 0.448. The molecular weight excluding hydrogens is 162 g/mol. The maximum absolute atomic E-state index is 9.64. The molecule has 1 aromatic rings. The second-order valence-electron chi connectivity index (χ2n) is 3.58. The van der Waals surface area contributed by atoms with Crippen molar-refractivity contribution in [2.75, 3.05) is 0 Å². The van der Waals surface area contributed by atoms with E-state index in [-0.39, 0.29) is 0 Å². The summed E-state index contributed by atoms with van der Waals surface area (Å²) in [6.45, 7) is 0. The Morgan fingerprint density at radius 1 is 1.46 bits per heavy atom. The highest BCUT2D eigenvalue weighted by molar-refractivity contribution is 5.41. The van der Waals surface area contributed by atoms with Gasteiger partial charge in [-0.3, -0.25) is 0 Å². The van der Waals surface area contributed by atoms with Crippen LogP contribution in [0, 0.1) is 7.05 Å². The van der Waals surface area contributed by atoms with Crippen LogP contribution in [0.5, 0.6) is 5.75 Å². The average Bonchev–Trinajstić information content (AvgIpc) is 2.18. The molecule has 0 spiro atoms. The first-order valence-corrected chi connectivity index (χ1v) is 4.76. The van der Waals surface area contributed by atoms with Gasteiger partial charge in [0.1, 0.15) is 5.75 Å². The first kappa shape index (κ1) is 8.57. The van der Waals surface area contributed by atoms with E-state index in [0.717, 1.165) is 18.4 Å². The largest absolute Gasteiger partial charge is 0.508 e. The Hall–Kier alpha value is -1.02. The number of hydrogen-bond acceptors (Lipinski definition) is 1. The lowest BCUT2D eigenvalue weighted by atomic mass is 9.87. The van der Waals surface area contributed by atoms with E-state index in [0.29, 0.717) is 11.8 Å². The van der Waals surface area contributed by atoms with Crippen molar-refractivity contribution >= 4 is 0 Å². The van der Waals surface area contributed by atoms with Crippen molar-refractivity contribution in [1.82, 2.24) is 0 Å². The van der Waals surface area contributed by atoms with Gasteiger partial charge < -0.3 is 10.4 Å². The number of phenols is 1. The fourth-order valence-corrected chi connectivity index (χ4v) is 2.11. The third-order valence-electron chi connectivity index (χ3n) is 2.81. The molecule has 2 heteroatoms. The quantitative estimate of drug-likeness (QED) is 0.620. The summed E-state index contributed by atoms with van der Waals surface area (Å²) >= 11 is 0. The highest BCUT2D eigenvalue weighted by Gasteiger charge is 2.21. The first-order chi connectivity index (χ1) is 6.33. The van der Waals surface area contributed by atoms with Gasteiger partial charge in [0.05, 0.1) is 6.04 Å². The van der Waals surface area contributed by atoms with Crippen molar-refractivity contribution in [3.63, 3.8) is 0 Å². The molecule has 0 aliphatic heterocycles. The van der Waals surface area contributed by atoms with Crippen molar-refractivity contribution in [2.24, 2.45) is 0 Å². The van der Waals surface area contributed by atoms with E-state index in [1.807, 2.05) is 11.4 Å². The summed E-state index contributed by atoms with van der Waals surface area (Å²) in [6, 6.07) is 6.22. The minimum atomic E-state index is 0.441. The second kappa shape index (κ2) is 3.38. The van der Waals surface area contributed by atoms with Crippen LogP contribution < -0.4 is 5.32 Å². The Bertz CT molecular complexity index is 309. The zero-order valence-electron chi connectivity index (χ0n) is 7.66. The summed E-state index contributed by atoms with van der Waals surface area (Å²) in [7, 11) is 3.83. The average molecular weight is 177 g/mol. The van der Waals surface area contributed by atoms with E-state index in [9.17, 15) is 5.11 Å². The fourth-order valence-electron chi connectivity index (χ4n) is 2.11. The van der Waals surface area contributed by atoms with E-state index in [1.54, 1.807) is 6.07 Å². The minimum Gasteiger partial charge on any atom is -0.508 e. The predicted molar refractivity (Wildman–Crippen MR) is 51.1 cm³/mol. The third kappa shape index (κ3) is 1.42. The molecule has 0 heterocycles. The van der Waals surface area contributed by atoms with Gasteiger partial charge >= 0.3 is 0 Å². The number of benzene rings is 1. The van der Waals surface area contributed by atoms with Crippen LogP contribution in [0.4, 0.5) is 0 Å². The Morgan fingerprint density at radius 3 is 3.08 bits per heavy atom. The summed E-state index contributed by atoms with van der Waals surface area (Å²) in [5.41, 5.74) is 2.39. The number of quaternary nitrogens is 1. The fraction of sp³-hybridized carbons (Fsp3) is 0.364. The van der Waals surface area contributed by atoms with Gasteiger partial charge in [-0.25, -0.2) is 0 Å². The van der Waals surface area contributed by atoms with Gasteiger partial charge in [-0.15, -0.1) is 0 Å². The highest BCUT2D eigenvalue weighted by Crippen LogP contribution is 2.32. The van der Waals surface area contributed by atoms with Crippen LogP contribution in [0.1, 0.15) is 30.0 Å². The molecule has 2 nitrogen and oxygen atoms in total. The molecule has 0 aromatic heterocycles.